The van der Waals surface area contributed by atoms with Crippen LogP contribution in [-0.2, 0) is 4.79 Å². The van der Waals surface area contributed by atoms with E-state index in [1.807, 2.05) is 0 Å². The zero-order valence-electron chi connectivity index (χ0n) is 11.6. The number of amides is 1. The van der Waals surface area contributed by atoms with Crippen LogP contribution in [0.4, 0.5) is 0 Å². The lowest BCUT2D eigenvalue weighted by Crippen LogP contribution is -2.39. The summed E-state index contributed by atoms with van der Waals surface area (Å²) in [5, 5.41) is 0. The maximum Gasteiger partial charge on any atom is 0.225 e. The van der Waals surface area contributed by atoms with Gasteiger partial charge < -0.3 is 4.90 Å². The van der Waals surface area contributed by atoms with Crippen molar-refractivity contribution in [3.63, 3.8) is 0 Å². The first kappa shape index (κ1) is 12.7. The van der Waals surface area contributed by atoms with Gasteiger partial charge in [0.05, 0.1) is 0 Å². The Balaban J connectivity index is 2.12. The average molecular weight is 235 g/mol. The van der Waals surface area contributed by atoms with Gasteiger partial charge in [-0.1, -0.05) is 33.3 Å². The van der Waals surface area contributed by atoms with E-state index in [0.29, 0.717) is 23.7 Å². The molecule has 0 aromatic rings. The van der Waals surface area contributed by atoms with Crippen molar-refractivity contribution in [1.82, 2.24) is 4.90 Å². The molecule has 0 aromatic heterocycles. The van der Waals surface area contributed by atoms with Crippen LogP contribution in [0, 0.1) is 17.8 Å². The van der Waals surface area contributed by atoms with Gasteiger partial charge in [-0.15, -0.1) is 0 Å². The molecule has 2 aliphatic rings. The molecular weight excluding hydrogens is 210 g/mol. The van der Waals surface area contributed by atoms with Gasteiger partial charge in [0, 0.05) is 19.0 Å². The van der Waals surface area contributed by atoms with Crippen molar-refractivity contribution < 1.29 is 4.79 Å². The van der Waals surface area contributed by atoms with E-state index >= 15 is 0 Å². The first-order valence-electron chi connectivity index (χ1n) is 7.01. The third-order valence-corrected chi connectivity index (χ3v) is 4.06. The fourth-order valence-electron chi connectivity index (χ4n) is 2.79. The van der Waals surface area contributed by atoms with E-state index in [1.165, 1.54) is 5.57 Å². The zero-order valence-corrected chi connectivity index (χ0v) is 11.6. The smallest absolute Gasteiger partial charge is 0.225 e. The number of hydrogen-bond acceptors (Lipinski definition) is 1. The second-order valence-corrected chi connectivity index (χ2v) is 6.14. The summed E-state index contributed by atoms with van der Waals surface area (Å²) in [5.41, 5.74) is 3.11. The molecule has 0 spiro atoms. The van der Waals surface area contributed by atoms with Crippen molar-refractivity contribution in [3.8, 4) is 0 Å². The van der Waals surface area contributed by atoms with Gasteiger partial charge in [0.2, 0.25) is 5.91 Å². The molecule has 1 amide bonds. The van der Waals surface area contributed by atoms with E-state index in [4.69, 9.17) is 0 Å². The Kier molecular flexibility index (Phi) is 3.60. The molecule has 1 saturated carbocycles. The summed E-state index contributed by atoms with van der Waals surface area (Å²) in [6, 6.07) is 0. The fraction of sp³-hybridized carbons (Fsp3) is 0.800. The summed E-state index contributed by atoms with van der Waals surface area (Å²) in [6.45, 7) is 10.9. The molecule has 1 fully saturated rings. The van der Waals surface area contributed by atoms with Crippen molar-refractivity contribution in [2.75, 3.05) is 13.1 Å². The van der Waals surface area contributed by atoms with Gasteiger partial charge >= 0.3 is 0 Å². The molecule has 2 rings (SSSR count). The summed E-state index contributed by atoms with van der Waals surface area (Å²) in [4.78, 5) is 14.2. The molecule has 0 unspecified atom stereocenters. The van der Waals surface area contributed by atoms with E-state index in [9.17, 15) is 4.79 Å². The van der Waals surface area contributed by atoms with Crippen LogP contribution in [0.2, 0.25) is 0 Å². The Morgan fingerprint density at radius 3 is 2.18 bits per heavy atom. The van der Waals surface area contributed by atoms with E-state index in [0.717, 1.165) is 32.4 Å². The highest BCUT2D eigenvalue weighted by Gasteiger charge is 2.35. The van der Waals surface area contributed by atoms with Crippen molar-refractivity contribution in [2.24, 2.45) is 17.8 Å². The summed E-state index contributed by atoms with van der Waals surface area (Å²) in [6.07, 6.45) is 3.32. The minimum atomic E-state index is 0.365. The molecule has 1 heterocycles. The normalized spacial score (nSPS) is 21.6. The Morgan fingerprint density at radius 2 is 1.71 bits per heavy atom. The van der Waals surface area contributed by atoms with Gasteiger partial charge in [-0.25, -0.2) is 0 Å². The number of nitrogens with zero attached hydrogens (tertiary/aromatic N) is 1. The SMILES string of the molecule is CC(C)C1=C(C(C)C)CN(C(=O)C2CC2)CC1. The average Bonchev–Trinajstić information content (AvgIpc) is 3.10. The summed E-state index contributed by atoms with van der Waals surface area (Å²) >= 11 is 0. The van der Waals surface area contributed by atoms with Crippen LogP contribution in [0.25, 0.3) is 0 Å². The zero-order chi connectivity index (χ0) is 12.6. The molecule has 0 saturated heterocycles. The second-order valence-electron chi connectivity index (χ2n) is 6.14. The molecule has 0 aromatic carbocycles. The molecular formula is C15H25NO. The van der Waals surface area contributed by atoms with Crippen molar-refractivity contribution in [1.29, 1.82) is 0 Å². The molecule has 0 N–H and O–H groups in total. The predicted octanol–water partition coefficient (Wildman–Crippen LogP) is 3.24. The van der Waals surface area contributed by atoms with Crippen LogP contribution in [0.3, 0.4) is 0 Å². The second kappa shape index (κ2) is 4.83. The van der Waals surface area contributed by atoms with Crippen LogP contribution in [-0.4, -0.2) is 23.9 Å². The quantitative estimate of drug-likeness (QED) is 0.688. The van der Waals surface area contributed by atoms with Crippen molar-refractivity contribution in [3.05, 3.63) is 11.1 Å². The van der Waals surface area contributed by atoms with Gasteiger partial charge in [-0.3, -0.25) is 4.79 Å². The van der Waals surface area contributed by atoms with Crippen LogP contribution < -0.4 is 0 Å². The monoisotopic (exact) mass is 235 g/mol. The highest BCUT2D eigenvalue weighted by Crippen LogP contribution is 2.34. The minimum Gasteiger partial charge on any atom is -0.338 e. The standard InChI is InChI=1S/C15H25NO/c1-10(2)13-7-8-16(9-14(13)11(3)4)15(17)12-5-6-12/h10-12H,5-9H2,1-4H3. The Morgan fingerprint density at radius 1 is 1.12 bits per heavy atom. The Labute approximate surface area is 105 Å². The van der Waals surface area contributed by atoms with Crippen molar-refractivity contribution in [2.45, 2.75) is 47.0 Å². The molecule has 17 heavy (non-hydrogen) atoms. The predicted molar refractivity (Wildman–Crippen MR) is 70.6 cm³/mol. The molecule has 0 atom stereocenters. The molecule has 1 aliphatic heterocycles. The van der Waals surface area contributed by atoms with E-state index < -0.39 is 0 Å². The van der Waals surface area contributed by atoms with Gasteiger partial charge in [0.15, 0.2) is 0 Å². The third-order valence-electron chi connectivity index (χ3n) is 4.06. The van der Waals surface area contributed by atoms with E-state index in [1.54, 1.807) is 5.57 Å². The van der Waals surface area contributed by atoms with Gasteiger partial charge in [-0.2, -0.15) is 0 Å². The number of carbonyl (C=O) groups is 1. The first-order valence-corrected chi connectivity index (χ1v) is 7.01. The molecule has 96 valence electrons. The topological polar surface area (TPSA) is 20.3 Å². The molecule has 1 aliphatic carbocycles. The van der Waals surface area contributed by atoms with Gasteiger partial charge in [-0.05, 0) is 36.7 Å². The third kappa shape index (κ3) is 2.72. The Hall–Kier alpha value is -0.790. The molecule has 0 bridgehead atoms. The lowest BCUT2D eigenvalue weighted by molar-refractivity contribution is -0.132. The Bertz CT molecular complexity index is 337. The lowest BCUT2D eigenvalue weighted by atomic mass is 9.85. The summed E-state index contributed by atoms with van der Waals surface area (Å²) < 4.78 is 0. The van der Waals surface area contributed by atoms with Gasteiger partial charge in [0.25, 0.3) is 0 Å². The van der Waals surface area contributed by atoms with E-state index in [-0.39, 0.29) is 0 Å². The van der Waals surface area contributed by atoms with Crippen LogP contribution >= 0.6 is 0 Å². The van der Waals surface area contributed by atoms with Gasteiger partial charge in [0.1, 0.15) is 0 Å². The molecule has 2 nitrogen and oxygen atoms in total. The minimum absolute atomic E-state index is 0.365. The van der Waals surface area contributed by atoms with Crippen LogP contribution in [0.15, 0.2) is 11.1 Å². The highest BCUT2D eigenvalue weighted by molar-refractivity contribution is 5.81. The maximum absolute atomic E-state index is 12.1. The van der Waals surface area contributed by atoms with Crippen molar-refractivity contribution >= 4 is 5.91 Å². The maximum atomic E-state index is 12.1. The molecule has 2 heteroatoms. The van der Waals surface area contributed by atoms with Crippen LogP contribution in [0.1, 0.15) is 47.0 Å². The lowest BCUT2D eigenvalue weighted by Gasteiger charge is -2.34. The summed E-state index contributed by atoms with van der Waals surface area (Å²) in [5.74, 6) is 1.97. The van der Waals surface area contributed by atoms with Crippen LogP contribution in [0.5, 0.6) is 0 Å². The highest BCUT2D eigenvalue weighted by atomic mass is 16.2. The number of rotatable bonds is 3. The fourth-order valence-corrected chi connectivity index (χ4v) is 2.79. The number of carbonyl (C=O) groups excluding carboxylic acids is 1. The first-order chi connectivity index (χ1) is 8.00. The number of hydrogen-bond donors (Lipinski definition) is 0. The largest absolute Gasteiger partial charge is 0.338 e. The summed E-state index contributed by atoms with van der Waals surface area (Å²) in [7, 11) is 0. The molecule has 0 radical (unpaired) electrons. The van der Waals surface area contributed by atoms with E-state index in [2.05, 4.69) is 32.6 Å².